The first kappa shape index (κ1) is 23.1. The van der Waals surface area contributed by atoms with Crippen molar-refractivity contribution in [3.63, 3.8) is 0 Å². The van der Waals surface area contributed by atoms with Gasteiger partial charge in [-0.15, -0.1) is 0 Å². The first-order valence-electron chi connectivity index (χ1n) is 11.9. The highest BCUT2D eigenvalue weighted by molar-refractivity contribution is 5.99. The molecule has 35 heavy (non-hydrogen) atoms. The number of piperidine rings is 1. The first-order valence-corrected chi connectivity index (χ1v) is 11.9. The average molecular weight is 477 g/mol. The van der Waals surface area contributed by atoms with Crippen LogP contribution in [-0.4, -0.2) is 39.8 Å². The Labute approximate surface area is 202 Å². The molecule has 0 saturated carbocycles. The molecule has 180 valence electrons. The quantitative estimate of drug-likeness (QED) is 0.593. The predicted molar refractivity (Wildman–Crippen MR) is 127 cm³/mol. The summed E-state index contributed by atoms with van der Waals surface area (Å²) in [6.07, 6.45) is 3.55. The Bertz CT molecular complexity index is 1270. The standard InChI is InChI=1S/C27H26F2N4O2/c1-16(27(35)33-12-3-2-4-13-33)18-10-8-17(9-11-18)14-21-24-22(15-30-26(24)34)32-25(31-21)23-19(28)6-5-7-20(23)29/h5-11,16H,2-4,12-15H2,1H3,(H,30,34). The summed E-state index contributed by atoms with van der Waals surface area (Å²) in [7, 11) is 0. The molecule has 1 N–H and O–H groups in total. The van der Waals surface area contributed by atoms with Gasteiger partial charge in [0.25, 0.3) is 5.91 Å². The number of carbonyl (C=O) groups excluding carboxylic acids is 2. The van der Waals surface area contributed by atoms with E-state index in [1.807, 2.05) is 36.1 Å². The minimum Gasteiger partial charge on any atom is -0.346 e. The number of nitrogens with zero attached hydrogens (tertiary/aromatic N) is 3. The number of hydrogen-bond acceptors (Lipinski definition) is 4. The minimum atomic E-state index is -0.759. The summed E-state index contributed by atoms with van der Waals surface area (Å²) in [4.78, 5) is 36.0. The van der Waals surface area contributed by atoms with Gasteiger partial charge in [-0.1, -0.05) is 30.3 Å². The lowest BCUT2D eigenvalue weighted by atomic mass is 9.96. The van der Waals surface area contributed by atoms with E-state index in [9.17, 15) is 18.4 Å². The van der Waals surface area contributed by atoms with Gasteiger partial charge in [0.05, 0.1) is 35.0 Å². The number of rotatable bonds is 5. The lowest BCUT2D eigenvalue weighted by molar-refractivity contribution is -0.133. The van der Waals surface area contributed by atoms with Crippen LogP contribution in [0.15, 0.2) is 42.5 Å². The molecule has 2 aliphatic rings. The third kappa shape index (κ3) is 4.52. The molecular formula is C27H26F2N4O2. The molecule has 1 saturated heterocycles. The Hall–Kier alpha value is -3.68. The molecule has 0 spiro atoms. The fourth-order valence-electron chi connectivity index (χ4n) is 4.80. The number of fused-ring (bicyclic) bond motifs is 1. The van der Waals surface area contributed by atoms with E-state index in [1.54, 1.807) is 0 Å². The van der Waals surface area contributed by atoms with Gasteiger partial charge in [0.2, 0.25) is 5.91 Å². The van der Waals surface area contributed by atoms with Crippen molar-refractivity contribution in [3.05, 3.63) is 82.2 Å². The SMILES string of the molecule is CC(C(=O)N1CCCCC1)c1ccc(Cc2nc(-c3c(F)cccc3F)nc3c2C(=O)NC3)cc1. The Morgan fingerprint density at radius 1 is 1.00 bits per heavy atom. The van der Waals surface area contributed by atoms with Crippen molar-refractivity contribution in [1.82, 2.24) is 20.2 Å². The maximum Gasteiger partial charge on any atom is 0.255 e. The summed E-state index contributed by atoms with van der Waals surface area (Å²) in [5.41, 5.74) is 2.67. The molecule has 8 heteroatoms. The summed E-state index contributed by atoms with van der Waals surface area (Å²) in [6, 6.07) is 11.2. The van der Waals surface area contributed by atoms with Crippen molar-refractivity contribution < 1.29 is 18.4 Å². The van der Waals surface area contributed by atoms with Gasteiger partial charge in [0.15, 0.2) is 5.82 Å². The van der Waals surface area contributed by atoms with E-state index in [4.69, 9.17) is 0 Å². The minimum absolute atomic E-state index is 0.0804. The topological polar surface area (TPSA) is 75.2 Å². The number of likely N-dealkylation sites (tertiary alicyclic amines) is 1. The molecule has 0 radical (unpaired) electrons. The Morgan fingerprint density at radius 3 is 2.37 bits per heavy atom. The summed E-state index contributed by atoms with van der Waals surface area (Å²) >= 11 is 0. The Balaban J connectivity index is 1.42. The van der Waals surface area contributed by atoms with E-state index in [1.165, 1.54) is 12.5 Å². The number of halogens is 2. The number of carbonyl (C=O) groups is 2. The molecule has 1 fully saturated rings. The van der Waals surface area contributed by atoms with Gasteiger partial charge >= 0.3 is 0 Å². The molecule has 2 amide bonds. The average Bonchev–Trinajstić information content (AvgIpc) is 3.25. The second-order valence-corrected chi connectivity index (χ2v) is 9.12. The maximum absolute atomic E-state index is 14.4. The summed E-state index contributed by atoms with van der Waals surface area (Å²) in [6.45, 7) is 3.73. The molecule has 1 unspecified atom stereocenters. The van der Waals surface area contributed by atoms with Crippen molar-refractivity contribution in [1.29, 1.82) is 0 Å². The van der Waals surface area contributed by atoms with Crippen LogP contribution < -0.4 is 5.32 Å². The van der Waals surface area contributed by atoms with E-state index >= 15 is 0 Å². The van der Waals surface area contributed by atoms with Crippen LogP contribution in [0.1, 0.15) is 65.0 Å². The van der Waals surface area contributed by atoms with Crippen molar-refractivity contribution in [2.45, 2.75) is 45.1 Å². The highest BCUT2D eigenvalue weighted by Gasteiger charge is 2.28. The third-order valence-electron chi connectivity index (χ3n) is 6.78. The van der Waals surface area contributed by atoms with E-state index in [0.717, 1.165) is 49.2 Å². The van der Waals surface area contributed by atoms with Gasteiger partial charge in [-0.3, -0.25) is 9.59 Å². The molecular weight excluding hydrogens is 450 g/mol. The zero-order valence-corrected chi connectivity index (χ0v) is 19.5. The van der Waals surface area contributed by atoms with Crippen LogP contribution in [0, 0.1) is 11.6 Å². The second kappa shape index (κ2) is 9.52. The number of benzene rings is 2. The normalized spacial score (nSPS) is 16.1. The van der Waals surface area contributed by atoms with Crippen molar-refractivity contribution in [2.24, 2.45) is 0 Å². The predicted octanol–water partition coefficient (Wildman–Crippen LogP) is 4.37. The van der Waals surface area contributed by atoms with Crippen LogP contribution in [0.5, 0.6) is 0 Å². The molecule has 0 bridgehead atoms. The van der Waals surface area contributed by atoms with E-state index in [0.29, 0.717) is 17.0 Å². The van der Waals surface area contributed by atoms with Gasteiger partial charge in [0, 0.05) is 19.5 Å². The summed E-state index contributed by atoms with van der Waals surface area (Å²) < 4.78 is 28.8. The van der Waals surface area contributed by atoms with E-state index in [2.05, 4.69) is 15.3 Å². The molecule has 1 aromatic heterocycles. The first-order chi connectivity index (χ1) is 16.9. The molecule has 3 heterocycles. The van der Waals surface area contributed by atoms with Crippen LogP contribution in [0.4, 0.5) is 8.78 Å². The van der Waals surface area contributed by atoms with Crippen molar-refractivity contribution in [2.75, 3.05) is 13.1 Å². The Kier molecular flexibility index (Phi) is 6.28. The summed E-state index contributed by atoms with van der Waals surface area (Å²) in [5.74, 6) is -2.00. The Morgan fingerprint density at radius 2 is 1.69 bits per heavy atom. The summed E-state index contributed by atoms with van der Waals surface area (Å²) in [5, 5.41) is 2.72. The number of aromatic nitrogens is 2. The highest BCUT2D eigenvalue weighted by Crippen LogP contribution is 2.28. The van der Waals surface area contributed by atoms with Crippen molar-refractivity contribution in [3.8, 4) is 11.4 Å². The van der Waals surface area contributed by atoms with Gasteiger partial charge in [0.1, 0.15) is 11.6 Å². The highest BCUT2D eigenvalue weighted by atomic mass is 19.1. The fraction of sp³-hybridized carbons (Fsp3) is 0.333. The number of hydrogen-bond donors (Lipinski definition) is 1. The van der Waals surface area contributed by atoms with E-state index in [-0.39, 0.29) is 42.1 Å². The van der Waals surface area contributed by atoms with Crippen LogP contribution in [0.2, 0.25) is 0 Å². The fourth-order valence-corrected chi connectivity index (χ4v) is 4.80. The van der Waals surface area contributed by atoms with Crippen LogP contribution in [0.3, 0.4) is 0 Å². The van der Waals surface area contributed by atoms with Gasteiger partial charge in [-0.05, 0) is 49.4 Å². The molecule has 1 atom stereocenters. The van der Waals surface area contributed by atoms with Gasteiger partial charge in [-0.2, -0.15) is 0 Å². The smallest absolute Gasteiger partial charge is 0.255 e. The molecule has 2 aromatic carbocycles. The molecule has 3 aromatic rings. The van der Waals surface area contributed by atoms with Crippen molar-refractivity contribution >= 4 is 11.8 Å². The zero-order valence-electron chi connectivity index (χ0n) is 19.5. The van der Waals surface area contributed by atoms with Gasteiger partial charge < -0.3 is 10.2 Å². The molecule has 6 nitrogen and oxygen atoms in total. The van der Waals surface area contributed by atoms with E-state index < -0.39 is 11.6 Å². The van der Waals surface area contributed by atoms with Crippen LogP contribution >= 0.6 is 0 Å². The van der Waals surface area contributed by atoms with Crippen LogP contribution in [0.25, 0.3) is 11.4 Å². The monoisotopic (exact) mass is 476 g/mol. The maximum atomic E-state index is 14.4. The molecule has 5 rings (SSSR count). The largest absolute Gasteiger partial charge is 0.346 e. The lowest BCUT2D eigenvalue weighted by Gasteiger charge is -2.29. The number of amides is 2. The van der Waals surface area contributed by atoms with Gasteiger partial charge in [-0.25, -0.2) is 18.7 Å². The zero-order chi connectivity index (χ0) is 24.5. The molecule has 2 aliphatic heterocycles. The third-order valence-corrected chi connectivity index (χ3v) is 6.78. The second-order valence-electron chi connectivity index (χ2n) is 9.12. The van der Waals surface area contributed by atoms with Crippen LogP contribution in [-0.2, 0) is 17.8 Å². The molecule has 0 aliphatic carbocycles. The lowest BCUT2D eigenvalue weighted by Crippen LogP contribution is -2.38. The number of nitrogens with one attached hydrogen (secondary N) is 1.